The number of ketones is 1. The Bertz CT molecular complexity index is 2980. The first-order valence-electron chi connectivity index (χ1n) is 25.2. The largest absolute Gasteiger partial charge is 0.390 e. The Labute approximate surface area is 435 Å². The number of para-hydroxylation sites is 4. The molecule has 0 radical (unpaired) electrons. The van der Waals surface area contributed by atoms with Gasteiger partial charge in [-0.2, -0.15) is 40.4 Å². The number of benzene rings is 4. The molecule has 6 atom stereocenters. The minimum Gasteiger partial charge on any atom is -0.390 e. The van der Waals surface area contributed by atoms with Crippen molar-refractivity contribution in [1.82, 2.24) is 0 Å². The summed E-state index contributed by atoms with van der Waals surface area (Å²) in [6.07, 6.45) is -0.767. The molecule has 8 rings (SSSR count). The van der Waals surface area contributed by atoms with Gasteiger partial charge in [0.1, 0.15) is 23.7 Å². The number of nitrogens with zero attached hydrogens (tertiary/aromatic N) is 11. The van der Waals surface area contributed by atoms with Crippen LogP contribution in [0.15, 0.2) is 157 Å². The van der Waals surface area contributed by atoms with Gasteiger partial charge in [0.25, 0.3) is 23.6 Å². The highest BCUT2D eigenvalue weighted by molar-refractivity contribution is 6.31. The second-order valence-electron chi connectivity index (χ2n) is 18.9. The van der Waals surface area contributed by atoms with Gasteiger partial charge in [-0.15, -0.1) is 0 Å². The summed E-state index contributed by atoms with van der Waals surface area (Å²) < 4.78 is 0. The number of hydrogen-bond donors (Lipinski definition) is 3. The van der Waals surface area contributed by atoms with Crippen molar-refractivity contribution in [3.8, 4) is 0 Å². The number of amides is 4. The van der Waals surface area contributed by atoms with Crippen molar-refractivity contribution in [3.63, 3.8) is 0 Å². The molecule has 19 nitrogen and oxygen atoms in total. The van der Waals surface area contributed by atoms with Crippen LogP contribution in [0.2, 0.25) is 0 Å². The third-order valence-electron chi connectivity index (χ3n) is 13.4. The van der Waals surface area contributed by atoms with Gasteiger partial charge in [0.2, 0.25) is 0 Å². The molecule has 0 bridgehead atoms. The summed E-state index contributed by atoms with van der Waals surface area (Å²) in [4.78, 5) is 84.2. The SMILES string of the molecule is CC1=NN(c2ccccc2)C(=O)C1C(=O)CCCC(=NCC(O)CN=C(CCCC(=NCC(O)CN)C1C(=O)N(c2ccccc2)N=C1C)C1C(=O)N(c2ccccc2)N=C1C)C1C(=O)N(c2ccccc2)N=C1C. The molecule has 4 aliphatic rings. The Kier molecular flexibility index (Phi) is 17.3. The molecule has 4 aromatic carbocycles. The number of hydrogen-bond acceptors (Lipinski definition) is 15. The molecule has 4 aromatic rings. The minimum absolute atomic E-state index is 0.00350. The number of aliphatic hydroxyl groups excluding tert-OH is 2. The first-order valence-corrected chi connectivity index (χ1v) is 25.2. The lowest BCUT2D eigenvalue weighted by Gasteiger charge is -2.19. The normalized spacial score (nSPS) is 21.2. The van der Waals surface area contributed by atoms with Crippen LogP contribution in [0.3, 0.4) is 0 Å². The van der Waals surface area contributed by atoms with Crippen LogP contribution < -0.4 is 25.8 Å². The van der Waals surface area contributed by atoms with Crippen LogP contribution in [0, 0.1) is 23.7 Å². The number of aliphatic imine (C=N–C) groups is 3. The van der Waals surface area contributed by atoms with Gasteiger partial charge in [0.05, 0.1) is 77.4 Å². The van der Waals surface area contributed by atoms with E-state index in [1.54, 1.807) is 100 Å². The maximum atomic E-state index is 14.3. The average molecular weight is 1020 g/mol. The van der Waals surface area contributed by atoms with E-state index in [0.717, 1.165) is 0 Å². The van der Waals surface area contributed by atoms with Crippen LogP contribution >= 0.6 is 0 Å². The highest BCUT2D eigenvalue weighted by Crippen LogP contribution is 2.31. The van der Waals surface area contributed by atoms with Crippen molar-refractivity contribution in [3.05, 3.63) is 121 Å². The van der Waals surface area contributed by atoms with Crippen molar-refractivity contribution in [2.75, 3.05) is 46.2 Å². The van der Waals surface area contributed by atoms with Gasteiger partial charge in [0, 0.05) is 30.1 Å². The predicted molar refractivity (Wildman–Crippen MR) is 293 cm³/mol. The van der Waals surface area contributed by atoms with E-state index in [2.05, 4.69) is 20.4 Å². The highest BCUT2D eigenvalue weighted by Gasteiger charge is 2.42. The molecule has 4 amide bonds. The Morgan fingerprint density at radius 3 is 1.03 bits per heavy atom. The number of carbonyl (C=O) groups excluding carboxylic acids is 5. The van der Waals surface area contributed by atoms with Crippen molar-refractivity contribution < 1.29 is 34.2 Å². The van der Waals surface area contributed by atoms with Crippen LogP contribution in [-0.2, 0) is 24.0 Å². The lowest BCUT2D eigenvalue weighted by Crippen LogP contribution is -2.35. The smallest absolute Gasteiger partial charge is 0.263 e. The molecular weight excluding hydrogens is 953 g/mol. The molecule has 0 aromatic heterocycles. The zero-order valence-corrected chi connectivity index (χ0v) is 42.5. The molecule has 4 heterocycles. The van der Waals surface area contributed by atoms with Crippen molar-refractivity contribution in [2.24, 2.45) is 64.8 Å². The number of aliphatic hydroxyl groups is 2. The number of carbonyl (C=O) groups is 5. The lowest BCUT2D eigenvalue weighted by molar-refractivity contribution is -0.129. The lowest BCUT2D eigenvalue weighted by atomic mass is 9.90. The number of hydrazone groups is 4. The van der Waals surface area contributed by atoms with Crippen LogP contribution in [-0.4, -0.2) is 118 Å². The number of rotatable bonds is 23. The summed E-state index contributed by atoms with van der Waals surface area (Å²) in [5, 5.41) is 45.6. The van der Waals surface area contributed by atoms with Crippen LogP contribution in [0.5, 0.6) is 0 Å². The van der Waals surface area contributed by atoms with E-state index < -0.39 is 41.8 Å². The summed E-state index contributed by atoms with van der Waals surface area (Å²) in [6, 6.07) is 36.0. The van der Waals surface area contributed by atoms with Gasteiger partial charge in [-0.3, -0.25) is 38.9 Å². The fourth-order valence-electron chi connectivity index (χ4n) is 9.58. The van der Waals surface area contributed by atoms with E-state index in [-0.39, 0.29) is 81.8 Å². The van der Waals surface area contributed by atoms with Gasteiger partial charge in [-0.05, 0) is 108 Å². The molecule has 75 heavy (non-hydrogen) atoms. The maximum absolute atomic E-state index is 14.3. The molecule has 0 spiro atoms. The average Bonchev–Trinajstić information content (AvgIpc) is 4.11. The van der Waals surface area contributed by atoms with E-state index in [4.69, 9.17) is 20.7 Å². The van der Waals surface area contributed by atoms with Crippen LogP contribution in [0.4, 0.5) is 22.7 Å². The minimum atomic E-state index is -1.18. The molecule has 388 valence electrons. The standard InChI is InChI=1S/C56H62N12O7/c1-35-49(53(72)65(61-35)39-19-9-5-10-20-39)45(58-32-43(69)31-57)27-17-28-46(50-36(2)62-66(54(50)73)40-21-11-6-12-22-40)59-33-44(70)34-60-47(51-37(3)63-67(55(51)74)41-23-13-7-14-24-41)29-18-30-48(71)52-38(4)64-68(56(52)75)42-25-15-8-16-26-42/h5-16,19-26,43-44,49-52,69-70H,17-18,27-34,57H2,1-4H3. The molecule has 4 aliphatic heterocycles. The summed E-state index contributed by atoms with van der Waals surface area (Å²) >= 11 is 0. The summed E-state index contributed by atoms with van der Waals surface area (Å²) in [6.45, 7) is 6.53. The van der Waals surface area contributed by atoms with Gasteiger partial charge < -0.3 is 15.9 Å². The third-order valence-corrected chi connectivity index (χ3v) is 13.4. The molecule has 19 heteroatoms. The monoisotopic (exact) mass is 1010 g/mol. The molecule has 0 fully saturated rings. The first kappa shape index (κ1) is 53.3. The van der Waals surface area contributed by atoms with Gasteiger partial charge in [-0.25, -0.2) is 0 Å². The molecule has 6 unspecified atom stereocenters. The third kappa shape index (κ3) is 12.2. The molecule has 0 saturated heterocycles. The molecule has 0 aliphatic carbocycles. The van der Waals surface area contributed by atoms with Crippen molar-refractivity contribution >= 4 is 92.1 Å². The van der Waals surface area contributed by atoms with E-state index >= 15 is 0 Å². The van der Waals surface area contributed by atoms with Gasteiger partial charge >= 0.3 is 0 Å². The highest BCUT2D eigenvalue weighted by atomic mass is 16.3. The predicted octanol–water partition coefficient (Wildman–Crippen LogP) is 6.06. The summed E-state index contributed by atoms with van der Waals surface area (Å²) in [7, 11) is 0. The van der Waals surface area contributed by atoms with E-state index in [1.807, 2.05) is 48.5 Å². The number of Topliss-reactive ketones (excluding diaryl/α,β-unsaturated/α-hetero) is 1. The van der Waals surface area contributed by atoms with Crippen molar-refractivity contribution in [1.29, 1.82) is 0 Å². The second-order valence-corrected chi connectivity index (χ2v) is 18.9. The Morgan fingerprint density at radius 1 is 0.453 bits per heavy atom. The van der Waals surface area contributed by atoms with Gasteiger partial charge in [0.15, 0.2) is 5.78 Å². The van der Waals surface area contributed by atoms with Crippen LogP contribution in [0.25, 0.3) is 0 Å². The van der Waals surface area contributed by atoms with E-state index in [1.165, 1.54) is 20.0 Å². The fraction of sp³-hybridized carbons (Fsp3) is 0.357. The second kappa shape index (κ2) is 24.4. The topological polar surface area (TPSA) is 251 Å². The van der Waals surface area contributed by atoms with E-state index in [9.17, 15) is 34.2 Å². The van der Waals surface area contributed by atoms with Crippen molar-refractivity contribution in [2.45, 2.75) is 78.4 Å². The Balaban J connectivity index is 1.02. The Morgan fingerprint density at radius 2 is 0.720 bits per heavy atom. The summed E-state index contributed by atoms with van der Waals surface area (Å²) in [5.41, 5.74) is 11.4. The molecular formula is C56H62N12O7. The maximum Gasteiger partial charge on any atom is 0.263 e. The van der Waals surface area contributed by atoms with E-state index in [0.29, 0.717) is 69.2 Å². The molecule has 4 N–H and O–H groups in total. The molecule has 0 saturated carbocycles. The first-order chi connectivity index (χ1) is 36.2. The fourth-order valence-corrected chi connectivity index (χ4v) is 9.58. The number of nitrogens with two attached hydrogens (primary N) is 1. The zero-order chi connectivity index (χ0) is 53.2. The Hall–Kier alpha value is -8.00. The quantitative estimate of drug-likeness (QED) is 0.0581. The van der Waals surface area contributed by atoms with Gasteiger partial charge in [-0.1, -0.05) is 72.8 Å². The zero-order valence-electron chi connectivity index (χ0n) is 42.5. The summed E-state index contributed by atoms with van der Waals surface area (Å²) in [5.74, 6) is -5.25. The number of anilines is 4. The van der Waals surface area contributed by atoms with Crippen LogP contribution in [0.1, 0.15) is 66.2 Å².